The van der Waals surface area contributed by atoms with Crippen LogP contribution in [0.3, 0.4) is 0 Å². The molecule has 0 atom stereocenters. The summed E-state index contributed by atoms with van der Waals surface area (Å²) >= 11 is 0. The predicted octanol–water partition coefficient (Wildman–Crippen LogP) is 5.42. The first-order valence-corrected chi connectivity index (χ1v) is 26.5. The summed E-state index contributed by atoms with van der Waals surface area (Å²) in [5.74, 6) is -8.91. The third-order valence-corrected chi connectivity index (χ3v) is 14.0. The summed E-state index contributed by atoms with van der Waals surface area (Å²) in [5, 5.41) is 18.5. The van der Waals surface area contributed by atoms with E-state index in [1.54, 1.807) is 19.6 Å². The first kappa shape index (κ1) is 58.9. The Kier molecular flexibility index (Phi) is 18.9. The van der Waals surface area contributed by atoms with Crippen molar-refractivity contribution in [3.63, 3.8) is 0 Å². The van der Waals surface area contributed by atoms with E-state index in [9.17, 15) is 47.0 Å². The number of carbonyl (C=O) groups is 2. The second-order valence-corrected chi connectivity index (χ2v) is 19.5. The Morgan fingerprint density at radius 1 is 0.488 bits per heavy atom. The van der Waals surface area contributed by atoms with Crippen LogP contribution in [0.4, 0.5) is 38.0 Å². The smallest absolute Gasteiger partial charge is 0.341 e. The van der Waals surface area contributed by atoms with Crippen LogP contribution in [0.2, 0.25) is 0 Å². The highest BCUT2D eigenvalue weighted by atomic mass is 19.2. The highest BCUT2D eigenvalue weighted by molar-refractivity contribution is 5.95. The summed E-state index contributed by atoms with van der Waals surface area (Å²) in [4.78, 5) is 82.3. The number of halogens is 6. The molecule has 28 heteroatoms. The third kappa shape index (κ3) is 13.8. The van der Waals surface area contributed by atoms with E-state index in [0.717, 1.165) is 122 Å². The Balaban J connectivity index is 0.699. The number of piperazine rings is 2. The van der Waals surface area contributed by atoms with Gasteiger partial charge in [-0.25, -0.2) is 45.9 Å². The van der Waals surface area contributed by atoms with E-state index in [1.807, 2.05) is 0 Å². The Labute approximate surface area is 464 Å². The Bertz CT molecular complexity index is 3400. The number of rotatable bonds is 19. The molecule has 4 aromatic heterocycles. The number of unbranched alkanes of at least 4 members (excludes halogenated alkanes) is 9. The minimum atomic E-state index is -1.61. The van der Waals surface area contributed by atoms with Gasteiger partial charge >= 0.3 is 11.9 Å². The Morgan fingerprint density at radius 3 is 1.16 bits per heavy atom. The summed E-state index contributed by atoms with van der Waals surface area (Å²) in [7, 11) is 0. The summed E-state index contributed by atoms with van der Waals surface area (Å²) in [6, 6.07) is 6.95. The lowest BCUT2D eigenvalue weighted by Crippen LogP contribution is -2.52. The second kappa shape index (κ2) is 26.4. The molecule has 0 spiro atoms. The SMILES string of the molecule is NC(=NCCCCCCCCCCCCN=C(N)/N=C(\N)N1CCN(c2nc3c(cc2F)c(=O)c(C(=O)O)cn3-c2ccc(F)cc2F)CC1)/N=C(\N)N1CCN(c2nc3c(cc2F)c(=O)c(C(=O)O)cn3-c2ccc(F)cc2F)CC1. The zero-order chi connectivity index (χ0) is 58.8. The van der Waals surface area contributed by atoms with Crippen LogP contribution in [0.1, 0.15) is 84.9 Å². The average molecular weight is 1140 g/mol. The Hall–Kier alpha value is -9.24. The third-order valence-electron chi connectivity index (χ3n) is 14.0. The van der Waals surface area contributed by atoms with E-state index in [-0.39, 0.29) is 111 Å². The molecule has 10 N–H and O–H groups in total. The number of hydrogen-bond acceptors (Lipinski definition) is 10. The van der Waals surface area contributed by atoms with Gasteiger partial charge in [-0.1, -0.05) is 51.4 Å². The lowest BCUT2D eigenvalue weighted by Gasteiger charge is -2.36. The minimum absolute atomic E-state index is 0.0231. The molecule has 0 unspecified atom stereocenters. The van der Waals surface area contributed by atoms with Crippen LogP contribution in [-0.2, 0) is 0 Å². The number of carboxylic acid groups (broad SMARTS) is 2. The minimum Gasteiger partial charge on any atom is -0.477 e. The molecule has 2 fully saturated rings. The lowest BCUT2D eigenvalue weighted by molar-refractivity contribution is 0.0684. The van der Waals surface area contributed by atoms with Gasteiger partial charge in [-0.15, -0.1) is 0 Å². The summed E-state index contributed by atoms with van der Waals surface area (Å²) in [6.07, 6.45) is 11.8. The number of nitrogens with two attached hydrogens (primary N) is 4. The number of fused-ring (bicyclic) bond motifs is 2. The number of anilines is 2. The largest absolute Gasteiger partial charge is 0.477 e. The van der Waals surface area contributed by atoms with Crippen molar-refractivity contribution < 1.29 is 46.1 Å². The van der Waals surface area contributed by atoms with Crippen LogP contribution in [0.15, 0.2) is 90.5 Å². The van der Waals surface area contributed by atoms with Crippen LogP contribution in [0, 0.1) is 34.9 Å². The number of pyridine rings is 4. The van der Waals surface area contributed by atoms with Crippen LogP contribution in [0.5, 0.6) is 0 Å². The maximum Gasteiger partial charge on any atom is 0.341 e. The van der Waals surface area contributed by atoms with Crippen molar-refractivity contribution in [1.82, 2.24) is 28.9 Å². The summed E-state index contributed by atoms with van der Waals surface area (Å²) < 4.78 is 90.4. The number of aromatic carboxylic acids is 2. The van der Waals surface area contributed by atoms with E-state index in [1.165, 1.54) is 0 Å². The molecule has 0 aliphatic carbocycles. The summed E-state index contributed by atoms with van der Waals surface area (Å²) in [6.45, 7) is 2.94. The van der Waals surface area contributed by atoms with E-state index in [4.69, 9.17) is 22.9 Å². The van der Waals surface area contributed by atoms with Crippen LogP contribution < -0.4 is 43.6 Å². The van der Waals surface area contributed by atoms with Gasteiger partial charge in [-0.05, 0) is 49.2 Å². The molecule has 2 aliphatic heterocycles. The molecule has 2 aromatic carbocycles. The highest BCUT2D eigenvalue weighted by Crippen LogP contribution is 2.28. The fourth-order valence-corrected chi connectivity index (χ4v) is 9.66. The molecular weight excluding hydrogens is 1080 g/mol. The van der Waals surface area contributed by atoms with E-state index < -0.39 is 79.6 Å². The number of benzene rings is 2. The number of guanidine groups is 4. The second-order valence-electron chi connectivity index (χ2n) is 19.5. The fourth-order valence-electron chi connectivity index (χ4n) is 9.66. The number of hydrogen-bond donors (Lipinski definition) is 6. The number of nitrogens with zero attached hydrogens (tertiary/aromatic N) is 12. The topological polar surface area (TPSA) is 311 Å². The molecule has 0 radical (unpaired) electrons. The molecule has 22 nitrogen and oxygen atoms in total. The van der Waals surface area contributed by atoms with Crippen molar-refractivity contribution in [1.29, 1.82) is 0 Å². The predicted molar refractivity (Wildman–Crippen MR) is 298 cm³/mol. The van der Waals surface area contributed by atoms with Crippen molar-refractivity contribution in [2.45, 2.75) is 64.2 Å². The van der Waals surface area contributed by atoms with E-state index in [2.05, 4.69) is 29.9 Å². The van der Waals surface area contributed by atoms with Crippen molar-refractivity contribution in [2.24, 2.45) is 42.9 Å². The van der Waals surface area contributed by atoms with Crippen LogP contribution in [-0.4, -0.2) is 140 Å². The van der Waals surface area contributed by atoms with Crippen molar-refractivity contribution in [2.75, 3.05) is 75.2 Å². The number of carboxylic acids is 2. The van der Waals surface area contributed by atoms with Gasteiger partial charge in [0.15, 0.2) is 46.5 Å². The van der Waals surface area contributed by atoms with Crippen molar-refractivity contribution in [3.05, 3.63) is 127 Å². The zero-order valence-electron chi connectivity index (χ0n) is 44.4. The quantitative estimate of drug-likeness (QED) is 0.0255. The lowest BCUT2D eigenvalue weighted by atomic mass is 10.1. The number of aromatic nitrogens is 4. The van der Waals surface area contributed by atoms with Gasteiger partial charge in [-0.3, -0.25) is 28.7 Å². The van der Waals surface area contributed by atoms with Gasteiger partial charge in [0.25, 0.3) is 0 Å². The van der Waals surface area contributed by atoms with Crippen LogP contribution >= 0.6 is 0 Å². The van der Waals surface area contributed by atoms with Gasteiger partial charge in [0, 0.05) is 90.0 Å². The van der Waals surface area contributed by atoms with Gasteiger partial charge in [-0.2, -0.15) is 9.98 Å². The maximum absolute atomic E-state index is 15.6. The molecule has 2 aliphatic rings. The molecular formula is C54H60F6N16O6. The highest BCUT2D eigenvalue weighted by Gasteiger charge is 2.28. The first-order valence-electron chi connectivity index (χ1n) is 26.5. The van der Waals surface area contributed by atoms with Crippen LogP contribution in [0.25, 0.3) is 33.4 Å². The molecule has 434 valence electrons. The van der Waals surface area contributed by atoms with Gasteiger partial charge < -0.3 is 52.7 Å². The fraction of sp³-hybridized carbons (Fsp3) is 0.370. The molecule has 6 aromatic rings. The van der Waals surface area contributed by atoms with Gasteiger partial charge in [0.1, 0.15) is 34.4 Å². The van der Waals surface area contributed by atoms with Gasteiger partial charge in [0.05, 0.1) is 22.1 Å². The molecule has 8 rings (SSSR count). The molecule has 0 bridgehead atoms. The molecule has 82 heavy (non-hydrogen) atoms. The van der Waals surface area contributed by atoms with Gasteiger partial charge in [0.2, 0.25) is 22.8 Å². The monoisotopic (exact) mass is 1140 g/mol. The summed E-state index contributed by atoms with van der Waals surface area (Å²) in [5.41, 5.74) is 20.1. The maximum atomic E-state index is 15.6. The number of aliphatic imine (C=N–C) groups is 4. The molecule has 0 saturated carbocycles. The first-order chi connectivity index (χ1) is 39.3. The zero-order valence-corrected chi connectivity index (χ0v) is 44.4. The van der Waals surface area contributed by atoms with E-state index in [0.29, 0.717) is 25.2 Å². The molecule has 2 saturated heterocycles. The molecule has 6 heterocycles. The average Bonchev–Trinajstić information content (AvgIpc) is 3.53. The van der Waals surface area contributed by atoms with Crippen molar-refractivity contribution >= 4 is 69.5 Å². The van der Waals surface area contributed by atoms with Crippen molar-refractivity contribution in [3.8, 4) is 11.4 Å². The standard InChI is InChI=1S/C54H60F6N16O6/c55-31-11-13-41(37(57)25-31)75-29-35(49(79)80)43(77)33-27-39(59)47(67-45(33)75)71-17-21-73(22-18-71)53(63)69-51(61)65-15-9-7-5-3-1-2-4-6-8-10-16-66-52(62)70-54(64)74-23-19-72(20-24-74)48-40(60)28-34-44(78)36(50(81)82)30-76(46(34)68-48)42-14-12-32(56)26-38(42)58/h11-14,25-30H,1-10,15-24H2,(H,79,80)(H,81,82)(H4,61,63,65,69)(H4,62,64,66,70). The van der Waals surface area contributed by atoms with E-state index >= 15 is 8.78 Å². The molecule has 0 amide bonds. The normalized spacial score (nSPS) is 14.9. The Morgan fingerprint density at radius 2 is 0.829 bits per heavy atom.